The fraction of sp³-hybridized carbons (Fsp3) is 0.321. The molecule has 3 heterocycles. The number of carbonyl (C=O) groups is 2. The zero-order valence-corrected chi connectivity index (χ0v) is 20.6. The molecule has 0 saturated carbocycles. The lowest BCUT2D eigenvalue weighted by atomic mass is 9.73. The Kier molecular flexibility index (Phi) is 6.61. The minimum absolute atomic E-state index is 0.214. The molecular formula is C28H31N5O3. The third-order valence-corrected chi connectivity index (χ3v) is 7.00. The van der Waals surface area contributed by atoms with Gasteiger partial charge >= 0.3 is 0 Å². The highest BCUT2D eigenvalue weighted by molar-refractivity contribution is 6.09. The van der Waals surface area contributed by atoms with Gasteiger partial charge in [0, 0.05) is 56.2 Å². The Labute approximate surface area is 211 Å². The van der Waals surface area contributed by atoms with Crippen molar-refractivity contribution in [3.63, 3.8) is 0 Å². The summed E-state index contributed by atoms with van der Waals surface area (Å²) in [6.45, 7) is 5.33. The molecule has 2 saturated heterocycles. The van der Waals surface area contributed by atoms with Crippen LogP contribution in [-0.2, 0) is 4.74 Å². The van der Waals surface area contributed by atoms with E-state index in [0.717, 1.165) is 56.2 Å². The van der Waals surface area contributed by atoms with Crippen LogP contribution >= 0.6 is 0 Å². The van der Waals surface area contributed by atoms with Crippen LogP contribution in [0, 0.1) is 12.3 Å². The number of ether oxygens (including phenoxy) is 1. The number of nitrogens with one attached hydrogen (secondary N) is 3. The highest BCUT2D eigenvalue weighted by Gasteiger charge is 2.45. The Balaban J connectivity index is 1.26. The summed E-state index contributed by atoms with van der Waals surface area (Å²) in [4.78, 5) is 32.8. The van der Waals surface area contributed by atoms with Crippen LogP contribution in [0.2, 0.25) is 0 Å². The number of amides is 2. The second-order valence-corrected chi connectivity index (χ2v) is 9.63. The zero-order valence-electron chi connectivity index (χ0n) is 20.6. The molecule has 0 aliphatic carbocycles. The van der Waals surface area contributed by atoms with Gasteiger partial charge in [-0.1, -0.05) is 12.1 Å². The number of carbonyl (C=O) groups excluding carboxylic acids is 2. The van der Waals surface area contributed by atoms with Crippen LogP contribution in [0.5, 0.6) is 0 Å². The molecule has 5 rings (SSSR count). The van der Waals surface area contributed by atoms with E-state index in [1.807, 2.05) is 44.3 Å². The lowest BCUT2D eigenvalue weighted by Gasteiger charge is -2.53. The molecule has 2 amide bonds. The summed E-state index contributed by atoms with van der Waals surface area (Å²) in [6.07, 6.45) is 3.91. The fourth-order valence-corrected chi connectivity index (χ4v) is 4.92. The highest BCUT2D eigenvalue weighted by Crippen LogP contribution is 2.42. The van der Waals surface area contributed by atoms with Gasteiger partial charge in [-0.3, -0.25) is 9.59 Å². The van der Waals surface area contributed by atoms with Gasteiger partial charge < -0.3 is 25.6 Å². The minimum atomic E-state index is -0.222. The van der Waals surface area contributed by atoms with Crippen LogP contribution in [0.1, 0.15) is 39.1 Å². The van der Waals surface area contributed by atoms with E-state index in [4.69, 9.17) is 4.74 Å². The molecule has 0 bridgehead atoms. The molecule has 0 radical (unpaired) electrons. The molecule has 186 valence electrons. The number of hydrogen-bond donors (Lipinski definition) is 3. The van der Waals surface area contributed by atoms with Crippen LogP contribution < -0.4 is 20.9 Å². The van der Waals surface area contributed by atoms with E-state index in [1.165, 1.54) is 0 Å². The molecular weight excluding hydrogens is 454 g/mol. The average molecular weight is 486 g/mol. The molecule has 0 atom stereocenters. The third-order valence-electron chi connectivity index (χ3n) is 7.00. The maximum absolute atomic E-state index is 13.2. The van der Waals surface area contributed by atoms with Crippen LogP contribution in [0.25, 0.3) is 0 Å². The maximum Gasteiger partial charge on any atom is 0.259 e. The Hall–Kier alpha value is -3.91. The summed E-state index contributed by atoms with van der Waals surface area (Å²) in [5, 5.41) is 8.95. The van der Waals surface area contributed by atoms with Crippen LogP contribution in [0.4, 0.5) is 22.9 Å². The van der Waals surface area contributed by atoms with E-state index in [2.05, 4.69) is 25.8 Å². The molecule has 8 nitrogen and oxygen atoms in total. The predicted molar refractivity (Wildman–Crippen MR) is 142 cm³/mol. The molecule has 1 spiro atoms. The van der Waals surface area contributed by atoms with Gasteiger partial charge in [0.25, 0.3) is 11.8 Å². The van der Waals surface area contributed by atoms with Gasteiger partial charge in [0.1, 0.15) is 5.82 Å². The Morgan fingerprint density at radius 2 is 1.64 bits per heavy atom. The van der Waals surface area contributed by atoms with Crippen molar-refractivity contribution < 1.29 is 14.3 Å². The normalized spacial score (nSPS) is 16.2. The molecule has 2 aromatic carbocycles. The number of benzene rings is 2. The van der Waals surface area contributed by atoms with Gasteiger partial charge in [0.05, 0.1) is 16.9 Å². The van der Waals surface area contributed by atoms with E-state index in [9.17, 15) is 9.59 Å². The Morgan fingerprint density at radius 3 is 2.33 bits per heavy atom. The number of pyridine rings is 1. The lowest BCUT2D eigenvalue weighted by molar-refractivity contribution is -0.000509. The number of nitrogens with zero attached hydrogens (tertiary/aromatic N) is 2. The molecule has 36 heavy (non-hydrogen) atoms. The van der Waals surface area contributed by atoms with Crippen molar-refractivity contribution in [2.75, 3.05) is 54.2 Å². The molecule has 0 unspecified atom stereocenters. The summed E-state index contributed by atoms with van der Waals surface area (Å²) < 4.78 is 5.52. The van der Waals surface area contributed by atoms with Gasteiger partial charge in [-0.2, -0.15) is 0 Å². The van der Waals surface area contributed by atoms with E-state index in [-0.39, 0.29) is 17.2 Å². The Morgan fingerprint density at radius 1 is 0.944 bits per heavy atom. The topological polar surface area (TPSA) is 95.6 Å². The molecule has 3 aromatic rings. The number of rotatable bonds is 6. The molecule has 2 aliphatic rings. The van der Waals surface area contributed by atoms with Crippen molar-refractivity contribution >= 4 is 34.7 Å². The fourth-order valence-electron chi connectivity index (χ4n) is 4.92. The summed E-state index contributed by atoms with van der Waals surface area (Å²) in [7, 11) is 1.81. The number of aromatic nitrogens is 1. The zero-order chi connectivity index (χ0) is 25.1. The van der Waals surface area contributed by atoms with Crippen LogP contribution in [0.3, 0.4) is 0 Å². The molecule has 3 N–H and O–H groups in total. The average Bonchev–Trinajstić information content (AvgIpc) is 2.88. The van der Waals surface area contributed by atoms with E-state index >= 15 is 0 Å². The third kappa shape index (κ3) is 4.90. The number of anilines is 4. The van der Waals surface area contributed by atoms with E-state index in [0.29, 0.717) is 22.5 Å². The van der Waals surface area contributed by atoms with Gasteiger partial charge in [-0.15, -0.1) is 0 Å². The van der Waals surface area contributed by atoms with Crippen molar-refractivity contribution in [1.29, 1.82) is 0 Å². The standard InChI is InChI=1S/C28H31N5O3/c1-19-15-22(25(30-16-19)33-17-28(18-33)11-13-36-14-12-28)27(35)31-21-9-7-20(8-10-21)26(34)32-24-6-4-3-5-23(24)29-2/h3-10,15-16,29H,11-14,17-18H2,1-2H3,(H,31,35)(H,32,34). The molecule has 8 heteroatoms. The maximum atomic E-state index is 13.2. The SMILES string of the molecule is CNc1ccccc1NC(=O)c1ccc(NC(=O)c2cc(C)cnc2N2CC3(CCOCC3)C2)cc1. The number of para-hydroxylation sites is 2. The van der Waals surface area contributed by atoms with Gasteiger partial charge in [-0.25, -0.2) is 4.98 Å². The van der Waals surface area contributed by atoms with E-state index in [1.54, 1.807) is 30.5 Å². The van der Waals surface area contributed by atoms with Crippen molar-refractivity contribution in [3.05, 3.63) is 77.5 Å². The van der Waals surface area contributed by atoms with Crippen molar-refractivity contribution in [2.24, 2.45) is 5.41 Å². The summed E-state index contributed by atoms with van der Waals surface area (Å²) in [5.41, 5.74) is 4.42. The smallest absolute Gasteiger partial charge is 0.259 e. The second-order valence-electron chi connectivity index (χ2n) is 9.63. The predicted octanol–water partition coefficient (Wildman–Crippen LogP) is 4.55. The second kappa shape index (κ2) is 9.99. The van der Waals surface area contributed by atoms with Crippen molar-refractivity contribution in [2.45, 2.75) is 19.8 Å². The van der Waals surface area contributed by atoms with Crippen LogP contribution in [-0.4, -0.2) is 50.1 Å². The van der Waals surface area contributed by atoms with Gasteiger partial charge in [-0.05, 0) is 67.8 Å². The molecule has 2 aliphatic heterocycles. The largest absolute Gasteiger partial charge is 0.386 e. The minimum Gasteiger partial charge on any atom is -0.386 e. The first-order chi connectivity index (χ1) is 17.5. The van der Waals surface area contributed by atoms with Crippen molar-refractivity contribution in [1.82, 2.24) is 4.98 Å². The van der Waals surface area contributed by atoms with Crippen molar-refractivity contribution in [3.8, 4) is 0 Å². The molecule has 1 aromatic heterocycles. The Bertz CT molecular complexity index is 1260. The quantitative estimate of drug-likeness (QED) is 0.474. The first kappa shape index (κ1) is 23.8. The monoisotopic (exact) mass is 485 g/mol. The summed E-state index contributed by atoms with van der Waals surface area (Å²) in [5.74, 6) is 0.282. The molecule has 2 fully saturated rings. The number of hydrogen-bond acceptors (Lipinski definition) is 6. The van der Waals surface area contributed by atoms with Gasteiger partial charge in [0.2, 0.25) is 0 Å². The van der Waals surface area contributed by atoms with Gasteiger partial charge in [0.15, 0.2) is 0 Å². The van der Waals surface area contributed by atoms with E-state index < -0.39 is 0 Å². The lowest BCUT2D eigenvalue weighted by Crippen LogP contribution is -2.59. The summed E-state index contributed by atoms with van der Waals surface area (Å²) >= 11 is 0. The first-order valence-corrected chi connectivity index (χ1v) is 12.3. The highest BCUT2D eigenvalue weighted by atomic mass is 16.5. The van der Waals surface area contributed by atoms with Crippen LogP contribution in [0.15, 0.2) is 60.8 Å². The summed E-state index contributed by atoms with van der Waals surface area (Å²) in [6, 6.07) is 16.3. The number of aryl methyl sites for hydroxylation is 1. The first-order valence-electron chi connectivity index (χ1n) is 12.3.